The van der Waals surface area contributed by atoms with E-state index in [9.17, 15) is 22.8 Å². The van der Waals surface area contributed by atoms with Gasteiger partial charge >= 0.3 is 12.1 Å². The van der Waals surface area contributed by atoms with E-state index >= 15 is 0 Å². The minimum absolute atomic E-state index is 0.0241. The summed E-state index contributed by atoms with van der Waals surface area (Å²) in [6.07, 6.45) is 3.61. The van der Waals surface area contributed by atoms with Crippen LogP contribution in [0.4, 0.5) is 19.0 Å². The third-order valence-corrected chi connectivity index (χ3v) is 5.94. The van der Waals surface area contributed by atoms with Crippen molar-refractivity contribution >= 4 is 28.7 Å². The van der Waals surface area contributed by atoms with Gasteiger partial charge in [-0.1, -0.05) is 26.7 Å². The zero-order valence-corrected chi connectivity index (χ0v) is 21.1. The first kappa shape index (κ1) is 27.9. The molecule has 1 amide bonds. The number of carbonyl (C=O) groups excluding carboxylic acids is 2. The van der Waals surface area contributed by atoms with E-state index in [1.54, 1.807) is 30.0 Å². The Balaban J connectivity index is 1.82. The first-order chi connectivity index (χ1) is 17.6. The summed E-state index contributed by atoms with van der Waals surface area (Å²) < 4.78 is 44.9. The summed E-state index contributed by atoms with van der Waals surface area (Å²) in [6, 6.07) is 5.12. The molecular weight excluding hydrogens is 489 g/mol. The van der Waals surface area contributed by atoms with Gasteiger partial charge in [-0.15, -0.1) is 0 Å². The number of hydrogen-bond acceptors (Lipinski definition) is 7. The third kappa shape index (κ3) is 7.40. The maximum atomic E-state index is 12.6. The fourth-order valence-electron chi connectivity index (χ4n) is 3.65. The van der Waals surface area contributed by atoms with E-state index in [1.165, 1.54) is 19.2 Å². The Bertz CT molecular complexity index is 1230. The Morgan fingerprint density at radius 1 is 1.11 bits per heavy atom. The van der Waals surface area contributed by atoms with Crippen molar-refractivity contribution in [2.24, 2.45) is 0 Å². The van der Waals surface area contributed by atoms with Gasteiger partial charge in [0.25, 0.3) is 0 Å². The highest BCUT2D eigenvalue weighted by molar-refractivity contribution is 5.92. The van der Waals surface area contributed by atoms with Crippen molar-refractivity contribution < 1.29 is 27.5 Å². The molecule has 0 radical (unpaired) electrons. The zero-order chi connectivity index (χ0) is 27.1. The van der Waals surface area contributed by atoms with Gasteiger partial charge in [-0.25, -0.2) is 15.0 Å². The smallest absolute Gasteiger partial charge is 0.405 e. The first-order valence-electron chi connectivity index (χ1n) is 12.1. The highest BCUT2D eigenvalue weighted by Gasteiger charge is 2.35. The molecule has 0 unspecified atom stereocenters. The SMILES string of the molecule is CCCCCC(=O)OCn1cc(-c2nccc(N[C@](C)(CC)C(=O)NCC(F)(F)F)n2)c2cccnc21. The van der Waals surface area contributed by atoms with Crippen LogP contribution in [0.5, 0.6) is 0 Å². The molecule has 3 heterocycles. The second kappa shape index (κ2) is 12.0. The maximum Gasteiger partial charge on any atom is 0.405 e. The number of unbranched alkanes of at least 4 members (excludes halogenated alkanes) is 2. The highest BCUT2D eigenvalue weighted by Crippen LogP contribution is 2.28. The fourth-order valence-corrected chi connectivity index (χ4v) is 3.65. The number of halogens is 3. The lowest BCUT2D eigenvalue weighted by molar-refractivity contribution is -0.147. The lowest BCUT2D eigenvalue weighted by Crippen LogP contribution is -2.52. The van der Waals surface area contributed by atoms with Gasteiger partial charge in [-0.2, -0.15) is 13.2 Å². The molecule has 0 aliphatic carbocycles. The van der Waals surface area contributed by atoms with E-state index in [4.69, 9.17) is 4.74 Å². The lowest BCUT2D eigenvalue weighted by Gasteiger charge is -2.29. The average molecular weight is 521 g/mol. The lowest BCUT2D eigenvalue weighted by atomic mass is 9.97. The molecule has 37 heavy (non-hydrogen) atoms. The quantitative estimate of drug-likeness (QED) is 0.260. The molecule has 0 saturated carbocycles. The van der Waals surface area contributed by atoms with Gasteiger partial charge in [-0.3, -0.25) is 14.2 Å². The predicted molar refractivity (Wildman–Crippen MR) is 132 cm³/mol. The molecule has 0 aliphatic rings. The van der Waals surface area contributed by atoms with Crippen molar-refractivity contribution in [2.45, 2.75) is 71.3 Å². The van der Waals surface area contributed by atoms with Gasteiger partial charge in [0.1, 0.15) is 23.5 Å². The van der Waals surface area contributed by atoms with Crippen molar-refractivity contribution in [3.05, 3.63) is 36.8 Å². The molecule has 3 aromatic rings. The summed E-state index contributed by atoms with van der Waals surface area (Å²) in [5.41, 5.74) is -0.141. The van der Waals surface area contributed by atoms with Crippen LogP contribution in [0.1, 0.15) is 52.9 Å². The summed E-state index contributed by atoms with van der Waals surface area (Å²) in [7, 11) is 0. The molecule has 12 heteroatoms. The van der Waals surface area contributed by atoms with Gasteiger partial charge in [0.2, 0.25) is 5.91 Å². The summed E-state index contributed by atoms with van der Waals surface area (Å²) in [5.74, 6) is -0.513. The number of alkyl halides is 3. The van der Waals surface area contributed by atoms with Crippen molar-refractivity contribution in [2.75, 3.05) is 11.9 Å². The van der Waals surface area contributed by atoms with E-state index < -0.39 is 24.2 Å². The highest BCUT2D eigenvalue weighted by atomic mass is 19.4. The predicted octanol–water partition coefficient (Wildman–Crippen LogP) is 4.83. The monoisotopic (exact) mass is 520 g/mol. The molecule has 9 nitrogen and oxygen atoms in total. The van der Waals surface area contributed by atoms with Gasteiger partial charge in [0.15, 0.2) is 12.6 Å². The molecule has 3 rings (SSSR count). The van der Waals surface area contributed by atoms with Crippen LogP contribution >= 0.6 is 0 Å². The van der Waals surface area contributed by atoms with Gasteiger partial charge in [0, 0.05) is 36.0 Å². The van der Waals surface area contributed by atoms with Crippen LogP contribution in [0.2, 0.25) is 0 Å². The summed E-state index contributed by atoms with van der Waals surface area (Å²) in [5, 5.41) is 5.60. The van der Waals surface area contributed by atoms with E-state index in [1.807, 2.05) is 11.4 Å². The van der Waals surface area contributed by atoms with Crippen LogP contribution in [0.15, 0.2) is 36.8 Å². The largest absolute Gasteiger partial charge is 0.444 e. The molecule has 2 N–H and O–H groups in total. The second-order valence-corrected chi connectivity index (χ2v) is 8.86. The van der Waals surface area contributed by atoms with Crippen molar-refractivity contribution in [3.63, 3.8) is 0 Å². The van der Waals surface area contributed by atoms with Crippen LogP contribution in [-0.4, -0.2) is 49.7 Å². The molecule has 0 aliphatic heterocycles. The molecule has 0 spiro atoms. The topological polar surface area (TPSA) is 111 Å². The van der Waals surface area contributed by atoms with Crippen LogP contribution < -0.4 is 10.6 Å². The standard InChI is InChI=1S/C25H31F3N6O3/c1-4-6-7-10-20(35)37-16-34-14-18(17-9-8-12-30-22(17)34)21-29-13-11-19(32-21)33-24(3,5-2)23(36)31-15-25(26,27)28/h8-9,11-14H,4-7,10,15-16H2,1-3H3,(H,31,36)(H,29,32,33)/t24-/m1/s1. The number of anilines is 1. The number of amides is 1. The Kier molecular flexibility index (Phi) is 9.06. The summed E-state index contributed by atoms with van der Waals surface area (Å²) in [6.45, 7) is 3.80. The number of nitrogens with one attached hydrogen (secondary N) is 2. The third-order valence-electron chi connectivity index (χ3n) is 5.94. The minimum Gasteiger partial charge on any atom is -0.444 e. The number of rotatable bonds is 12. The molecule has 0 aromatic carbocycles. The van der Waals surface area contributed by atoms with E-state index in [0.29, 0.717) is 23.5 Å². The molecule has 200 valence electrons. The Morgan fingerprint density at radius 3 is 2.59 bits per heavy atom. The number of esters is 1. The number of ether oxygens (including phenoxy) is 1. The second-order valence-electron chi connectivity index (χ2n) is 8.86. The Labute approximate surface area is 212 Å². The first-order valence-corrected chi connectivity index (χ1v) is 12.1. The number of fused-ring (bicyclic) bond motifs is 1. The fraction of sp³-hybridized carbons (Fsp3) is 0.480. The number of hydrogen-bond donors (Lipinski definition) is 2. The average Bonchev–Trinajstić information content (AvgIpc) is 3.24. The zero-order valence-electron chi connectivity index (χ0n) is 21.1. The van der Waals surface area contributed by atoms with Crippen molar-refractivity contribution in [1.82, 2.24) is 24.8 Å². The molecule has 0 bridgehead atoms. The number of nitrogens with zero attached hydrogens (tertiary/aromatic N) is 4. The molecule has 0 fully saturated rings. The van der Waals surface area contributed by atoms with Crippen molar-refractivity contribution in [3.8, 4) is 11.4 Å². The number of aromatic nitrogens is 4. The molecule has 1 atom stereocenters. The minimum atomic E-state index is -4.52. The maximum absolute atomic E-state index is 12.6. The van der Waals surface area contributed by atoms with E-state index in [0.717, 1.165) is 24.6 Å². The molecular formula is C25H31F3N6O3. The van der Waals surface area contributed by atoms with Crippen LogP contribution in [0.25, 0.3) is 22.4 Å². The van der Waals surface area contributed by atoms with Crippen molar-refractivity contribution in [1.29, 1.82) is 0 Å². The van der Waals surface area contributed by atoms with E-state index in [2.05, 4.69) is 27.2 Å². The summed E-state index contributed by atoms with van der Waals surface area (Å²) >= 11 is 0. The van der Waals surface area contributed by atoms with Gasteiger partial charge in [-0.05, 0) is 38.0 Å². The number of pyridine rings is 1. The molecule has 0 saturated heterocycles. The van der Waals surface area contributed by atoms with Gasteiger partial charge < -0.3 is 15.4 Å². The number of carbonyl (C=O) groups is 2. The normalized spacial score (nSPS) is 13.2. The Morgan fingerprint density at radius 2 is 1.89 bits per heavy atom. The van der Waals surface area contributed by atoms with Crippen LogP contribution in [0, 0.1) is 0 Å². The van der Waals surface area contributed by atoms with Crippen LogP contribution in [-0.2, 0) is 21.1 Å². The summed E-state index contributed by atoms with van der Waals surface area (Å²) in [4.78, 5) is 37.8. The van der Waals surface area contributed by atoms with Crippen LogP contribution in [0.3, 0.4) is 0 Å². The molecule has 3 aromatic heterocycles. The van der Waals surface area contributed by atoms with E-state index in [-0.39, 0.29) is 24.9 Å². The van der Waals surface area contributed by atoms with Gasteiger partial charge in [0.05, 0.1) is 0 Å². The Hall–Kier alpha value is -3.70.